The Hall–Kier alpha value is -2.36. The highest BCUT2D eigenvalue weighted by Gasteiger charge is 2.36. The topological polar surface area (TPSA) is 55.1 Å². The Morgan fingerprint density at radius 1 is 1.15 bits per heavy atom. The number of primary amides is 1. The van der Waals surface area contributed by atoms with Gasteiger partial charge in [-0.25, -0.2) is 4.39 Å². The maximum Gasteiger partial charge on any atom is 0.247 e. The molecule has 2 rings (SSSR count). The molecule has 0 saturated carbocycles. The molecule has 0 bridgehead atoms. The highest BCUT2D eigenvalue weighted by Crippen LogP contribution is 2.29. The molecular weight excluding hydrogens is 255 g/mol. The average Bonchev–Trinajstić information content (AvgIpc) is 2.46. The van der Waals surface area contributed by atoms with Gasteiger partial charge in [0.05, 0.1) is 0 Å². The highest BCUT2D eigenvalue weighted by atomic mass is 19.1. The summed E-state index contributed by atoms with van der Waals surface area (Å²) < 4.78 is 13.1. The number of para-hydroxylation sites is 1. The molecule has 1 unspecified atom stereocenters. The molecule has 0 aliphatic carbocycles. The van der Waals surface area contributed by atoms with Gasteiger partial charge in [-0.3, -0.25) is 4.79 Å². The van der Waals surface area contributed by atoms with Crippen LogP contribution in [0.2, 0.25) is 0 Å². The van der Waals surface area contributed by atoms with E-state index in [4.69, 9.17) is 5.73 Å². The van der Waals surface area contributed by atoms with Crippen LogP contribution in [0, 0.1) is 5.82 Å². The van der Waals surface area contributed by atoms with Crippen LogP contribution in [-0.4, -0.2) is 5.91 Å². The summed E-state index contributed by atoms with van der Waals surface area (Å²) in [5.74, 6) is -0.835. The third-order valence-corrected chi connectivity index (χ3v) is 3.42. The Morgan fingerprint density at radius 2 is 1.75 bits per heavy atom. The van der Waals surface area contributed by atoms with Gasteiger partial charge in [-0.2, -0.15) is 0 Å². The van der Waals surface area contributed by atoms with Crippen molar-refractivity contribution in [2.45, 2.75) is 18.9 Å². The minimum absolute atomic E-state index is 0.345. The normalized spacial score (nSPS) is 13.5. The predicted molar refractivity (Wildman–Crippen MR) is 77.6 cm³/mol. The van der Waals surface area contributed by atoms with E-state index in [2.05, 4.69) is 5.32 Å². The lowest BCUT2D eigenvalue weighted by molar-refractivity contribution is -0.122. The van der Waals surface area contributed by atoms with Crippen LogP contribution in [0.3, 0.4) is 0 Å². The van der Waals surface area contributed by atoms with Crippen LogP contribution in [0.15, 0.2) is 54.6 Å². The largest absolute Gasteiger partial charge is 0.368 e. The number of carbonyl (C=O) groups is 1. The summed E-state index contributed by atoms with van der Waals surface area (Å²) >= 11 is 0. The van der Waals surface area contributed by atoms with Crippen molar-refractivity contribution in [3.05, 3.63) is 66.0 Å². The first-order chi connectivity index (χ1) is 9.58. The quantitative estimate of drug-likeness (QED) is 0.879. The summed E-state index contributed by atoms with van der Waals surface area (Å²) in [6.07, 6.45) is 0.461. The Morgan fingerprint density at radius 3 is 2.25 bits per heavy atom. The van der Waals surface area contributed by atoms with E-state index in [1.807, 2.05) is 37.3 Å². The fourth-order valence-electron chi connectivity index (χ4n) is 2.25. The lowest BCUT2D eigenvalue weighted by Crippen LogP contribution is -2.47. The van der Waals surface area contributed by atoms with E-state index < -0.39 is 11.4 Å². The minimum atomic E-state index is -1.05. The van der Waals surface area contributed by atoms with Gasteiger partial charge < -0.3 is 11.1 Å². The highest BCUT2D eigenvalue weighted by molar-refractivity contribution is 5.89. The minimum Gasteiger partial charge on any atom is -0.368 e. The number of nitrogens with two attached hydrogens (primary N) is 1. The number of hydrogen-bond acceptors (Lipinski definition) is 2. The number of anilines is 1. The average molecular weight is 272 g/mol. The lowest BCUT2D eigenvalue weighted by atomic mass is 9.86. The van der Waals surface area contributed by atoms with Gasteiger partial charge in [0.15, 0.2) is 0 Å². The molecule has 0 fully saturated rings. The van der Waals surface area contributed by atoms with Crippen molar-refractivity contribution in [3.8, 4) is 0 Å². The Kier molecular flexibility index (Phi) is 4.03. The first kappa shape index (κ1) is 14.1. The molecule has 20 heavy (non-hydrogen) atoms. The van der Waals surface area contributed by atoms with Crippen LogP contribution in [0.25, 0.3) is 0 Å². The summed E-state index contributed by atoms with van der Waals surface area (Å²) in [6.45, 7) is 1.87. The molecule has 4 heteroatoms. The van der Waals surface area contributed by atoms with Gasteiger partial charge in [0.1, 0.15) is 11.4 Å². The van der Waals surface area contributed by atoms with Gasteiger partial charge >= 0.3 is 0 Å². The molecular formula is C16H17FN2O. The number of halogens is 1. The van der Waals surface area contributed by atoms with E-state index in [-0.39, 0.29) is 5.82 Å². The zero-order valence-electron chi connectivity index (χ0n) is 11.3. The second-order valence-corrected chi connectivity index (χ2v) is 4.62. The van der Waals surface area contributed by atoms with Crippen molar-refractivity contribution in [2.75, 3.05) is 5.32 Å². The number of hydrogen-bond donors (Lipinski definition) is 2. The Balaban J connectivity index is 2.45. The van der Waals surface area contributed by atoms with E-state index in [9.17, 15) is 9.18 Å². The van der Waals surface area contributed by atoms with Crippen LogP contribution < -0.4 is 11.1 Å². The maximum atomic E-state index is 13.1. The van der Waals surface area contributed by atoms with Gasteiger partial charge in [0.2, 0.25) is 5.91 Å². The number of carbonyl (C=O) groups excluding carboxylic acids is 1. The van der Waals surface area contributed by atoms with Crippen LogP contribution in [-0.2, 0) is 10.3 Å². The van der Waals surface area contributed by atoms with Crippen molar-refractivity contribution in [2.24, 2.45) is 5.73 Å². The molecule has 3 nitrogen and oxygen atoms in total. The van der Waals surface area contributed by atoms with E-state index in [1.54, 1.807) is 12.1 Å². The molecule has 0 saturated heterocycles. The molecule has 0 spiro atoms. The lowest BCUT2D eigenvalue weighted by Gasteiger charge is -2.32. The SMILES string of the molecule is CCC(Nc1ccccc1)(C(N)=O)c1ccc(F)cc1. The van der Waals surface area contributed by atoms with Crippen LogP contribution in [0.4, 0.5) is 10.1 Å². The monoisotopic (exact) mass is 272 g/mol. The van der Waals surface area contributed by atoms with Gasteiger partial charge in [-0.05, 0) is 36.2 Å². The molecule has 1 atom stereocenters. The summed E-state index contributed by atoms with van der Waals surface area (Å²) in [4.78, 5) is 12.0. The number of amides is 1. The second-order valence-electron chi connectivity index (χ2n) is 4.62. The fourth-order valence-corrected chi connectivity index (χ4v) is 2.25. The molecule has 3 N–H and O–H groups in total. The molecule has 1 amide bonds. The third-order valence-electron chi connectivity index (χ3n) is 3.42. The predicted octanol–water partition coefficient (Wildman–Crippen LogP) is 3.03. The molecule has 104 valence electrons. The van der Waals surface area contributed by atoms with Crippen molar-refractivity contribution in [3.63, 3.8) is 0 Å². The molecule has 2 aromatic carbocycles. The third kappa shape index (κ3) is 2.64. The van der Waals surface area contributed by atoms with Crippen molar-refractivity contribution < 1.29 is 9.18 Å². The first-order valence-electron chi connectivity index (χ1n) is 6.47. The number of rotatable bonds is 5. The molecule has 2 aromatic rings. The van der Waals surface area contributed by atoms with Crippen molar-refractivity contribution >= 4 is 11.6 Å². The summed E-state index contributed by atoms with van der Waals surface area (Å²) in [6, 6.07) is 15.2. The van der Waals surface area contributed by atoms with Crippen LogP contribution >= 0.6 is 0 Å². The number of benzene rings is 2. The van der Waals surface area contributed by atoms with E-state index in [0.29, 0.717) is 12.0 Å². The molecule has 0 aromatic heterocycles. The summed E-state index contributed by atoms with van der Waals surface area (Å²) in [7, 11) is 0. The summed E-state index contributed by atoms with van der Waals surface area (Å²) in [5, 5.41) is 3.18. The molecule has 0 heterocycles. The zero-order chi connectivity index (χ0) is 14.6. The second kappa shape index (κ2) is 5.74. The van der Waals surface area contributed by atoms with E-state index in [1.165, 1.54) is 12.1 Å². The number of nitrogens with one attached hydrogen (secondary N) is 1. The molecule has 0 aliphatic rings. The fraction of sp³-hybridized carbons (Fsp3) is 0.188. The van der Waals surface area contributed by atoms with Gasteiger partial charge in [-0.15, -0.1) is 0 Å². The standard InChI is InChI=1S/C16H17FN2O/c1-2-16(15(18)20,12-8-10-13(17)11-9-12)19-14-6-4-3-5-7-14/h3-11,19H,2H2,1H3,(H2,18,20). The Labute approximate surface area is 117 Å². The first-order valence-corrected chi connectivity index (χ1v) is 6.47. The van der Waals surface area contributed by atoms with Crippen molar-refractivity contribution in [1.82, 2.24) is 0 Å². The van der Waals surface area contributed by atoms with Crippen molar-refractivity contribution in [1.29, 1.82) is 0 Å². The van der Waals surface area contributed by atoms with Crippen LogP contribution in [0.1, 0.15) is 18.9 Å². The van der Waals surface area contributed by atoms with E-state index in [0.717, 1.165) is 5.69 Å². The molecule has 0 aliphatic heterocycles. The molecule has 0 radical (unpaired) electrons. The van der Waals surface area contributed by atoms with Gasteiger partial charge in [0.25, 0.3) is 0 Å². The van der Waals surface area contributed by atoms with Gasteiger partial charge in [-0.1, -0.05) is 37.3 Å². The maximum absolute atomic E-state index is 13.1. The van der Waals surface area contributed by atoms with Crippen LogP contribution in [0.5, 0.6) is 0 Å². The Bertz CT molecular complexity index is 583. The zero-order valence-corrected chi connectivity index (χ0v) is 11.3. The summed E-state index contributed by atoms with van der Waals surface area (Å²) in [5.41, 5.74) is 6.00. The smallest absolute Gasteiger partial charge is 0.247 e. The van der Waals surface area contributed by atoms with Gasteiger partial charge in [0, 0.05) is 5.69 Å². The van der Waals surface area contributed by atoms with E-state index >= 15 is 0 Å².